The van der Waals surface area contributed by atoms with Gasteiger partial charge in [0.25, 0.3) is 0 Å². The van der Waals surface area contributed by atoms with Gasteiger partial charge in [-0.1, -0.05) is 24.8 Å². The van der Waals surface area contributed by atoms with Gasteiger partial charge in [-0.25, -0.2) is 9.79 Å². The normalized spacial score (nSPS) is 14.6. The molecule has 3 rings (SSSR count). The minimum atomic E-state index is -0.477. The van der Waals surface area contributed by atoms with Crippen molar-refractivity contribution in [3.8, 4) is 11.5 Å². The molecule has 0 amide bonds. The van der Waals surface area contributed by atoms with E-state index in [-0.39, 0.29) is 5.70 Å². The lowest BCUT2D eigenvalue weighted by atomic mass is 10.1. The van der Waals surface area contributed by atoms with Crippen LogP contribution in [0.25, 0.3) is 6.08 Å². The van der Waals surface area contributed by atoms with E-state index in [1.165, 1.54) is 0 Å². The highest BCUT2D eigenvalue weighted by atomic mass is 127. The van der Waals surface area contributed by atoms with Crippen LogP contribution in [0.15, 0.2) is 65.3 Å². The van der Waals surface area contributed by atoms with Crippen molar-refractivity contribution in [3.05, 3.63) is 75.0 Å². The Hall–Kier alpha value is -2.61. The maximum atomic E-state index is 12.2. The van der Waals surface area contributed by atoms with Gasteiger partial charge in [0.05, 0.1) is 10.2 Å². The highest BCUT2D eigenvalue weighted by molar-refractivity contribution is 14.1. The number of cyclic esters (lactones) is 1. The first-order valence-corrected chi connectivity index (χ1v) is 9.87. The summed E-state index contributed by atoms with van der Waals surface area (Å²) in [6, 6.07) is 13.1. The molecule has 0 aromatic heterocycles. The fraction of sp³-hybridized carbons (Fsp3) is 0.182. The van der Waals surface area contributed by atoms with Crippen molar-refractivity contribution < 1.29 is 19.0 Å². The van der Waals surface area contributed by atoms with Gasteiger partial charge in [0.1, 0.15) is 6.61 Å². The maximum Gasteiger partial charge on any atom is 0.363 e. The average Bonchev–Trinajstić information content (AvgIpc) is 3.02. The molecule has 0 N–H and O–H groups in total. The first-order chi connectivity index (χ1) is 13.5. The van der Waals surface area contributed by atoms with Crippen molar-refractivity contribution in [1.29, 1.82) is 0 Å². The van der Waals surface area contributed by atoms with E-state index in [0.717, 1.165) is 20.3 Å². The van der Waals surface area contributed by atoms with Gasteiger partial charge in [0.15, 0.2) is 17.2 Å². The fourth-order valence-corrected chi connectivity index (χ4v) is 3.32. The number of hydrogen-bond donors (Lipinski definition) is 0. The molecule has 0 aliphatic carbocycles. The summed E-state index contributed by atoms with van der Waals surface area (Å²) in [5.74, 6) is 1.10. The third-order valence-corrected chi connectivity index (χ3v) is 4.54. The topological polar surface area (TPSA) is 57.1 Å². The highest BCUT2D eigenvalue weighted by Gasteiger charge is 2.24. The summed E-state index contributed by atoms with van der Waals surface area (Å²) in [6.07, 6.45) is 1.69. The number of carbonyl (C=O) groups is 1. The fourth-order valence-electron chi connectivity index (χ4n) is 2.54. The van der Waals surface area contributed by atoms with Crippen LogP contribution >= 0.6 is 22.6 Å². The number of hydrogen-bond acceptors (Lipinski definition) is 5. The average molecular weight is 489 g/mol. The monoisotopic (exact) mass is 489 g/mol. The van der Waals surface area contributed by atoms with E-state index in [9.17, 15) is 4.79 Å². The minimum Gasteiger partial charge on any atom is -0.490 e. The summed E-state index contributed by atoms with van der Waals surface area (Å²) in [4.78, 5) is 16.6. The SMILES string of the molecule is C=C(C)COc1c(I)cc(/C=C2\N=C(c3ccccc3)OC2=O)cc1OCC. The van der Waals surface area contributed by atoms with Crippen molar-refractivity contribution in [1.82, 2.24) is 0 Å². The van der Waals surface area contributed by atoms with Crippen LogP contribution in [-0.4, -0.2) is 25.1 Å². The third-order valence-electron chi connectivity index (χ3n) is 3.74. The molecule has 0 bridgehead atoms. The molecule has 144 valence electrons. The van der Waals surface area contributed by atoms with Crippen LogP contribution in [0.4, 0.5) is 0 Å². The lowest BCUT2D eigenvalue weighted by Gasteiger charge is -2.14. The summed E-state index contributed by atoms with van der Waals surface area (Å²) in [5.41, 5.74) is 2.70. The standard InChI is InChI=1S/C22H20INO4/c1-4-26-19-12-15(10-17(23)20(19)27-13-14(2)3)11-18-22(25)28-21(24-18)16-8-6-5-7-9-16/h5-12H,2,4,13H2,1,3H3/b18-11-. The van der Waals surface area contributed by atoms with Crippen LogP contribution in [0.5, 0.6) is 11.5 Å². The molecule has 2 aromatic rings. The smallest absolute Gasteiger partial charge is 0.363 e. The molecule has 0 fully saturated rings. The van der Waals surface area contributed by atoms with Gasteiger partial charge < -0.3 is 14.2 Å². The van der Waals surface area contributed by atoms with Gasteiger partial charge in [0.2, 0.25) is 5.90 Å². The second kappa shape index (κ2) is 9.05. The molecule has 0 spiro atoms. The molecule has 1 aliphatic rings. The Morgan fingerprint density at radius 2 is 2.00 bits per heavy atom. The molecule has 0 saturated heterocycles. The molecule has 6 heteroatoms. The van der Waals surface area contributed by atoms with E-state index < -0.39 is 5.97 Å². The number of rotatable bonds is 7. The van der Waals surface area contributed by atoms with Crippen LogP contribution in [-0.2, 0) is 9.53 Å². The summed E-state index contributed by atoms with van der Waals surface area (Å²) < 4.78 is 17.7. The van der Waals surface area contributed by atoms with Gasteiger partial charge in [-0.05, 0) is 77.9 Å². The Balaban J connectivity index is 1.93. The molecule has 5 nitrogen and oxygen atoms in total. The number of ether oxygens (including phenoxy) is 3. The Labute approximate surface area is 177 Å². The van der Waals surface area contributed by atoms with E-state index in [1.807, 2.05) is 56.3 Å². The van der Waals surface area contributed by atoms with Crippen LogP contribution < -0.4 is 9.47 Å². The van der Waals surface area contributed by atoms with Gasteiger partial charge in [-0.3, -0.25) is 0 Å². The van der Waals surface area contributed by atoms with Gasteiger partial charge in [0, 0.05) is 5.56 Å². The molecule has 1 aliphatic heterocycles. The Morgan fingerprint density at radius 3 is 2.68 bits per heavy atom. The zero-order valence-electron chi connectivity index (χ0n) is 15.7. The highest BCUT2D eigenvalue weighted by Crippen LogP contribution is 2.35. The number of benzene rings is 2. The second-order valence-electron chi connectivity index (χ2n) is 6.21. The predicted octanol–water partition coefficient (Wildman–Crippen LogP) is 4.99. The summed E-state index contributed by atoms with van der Waals surface area (Å²) in [7, 11) is 0. The van der Waals surface area contributed by atoms with E-state index >= 15 is 0 Å². The molecule has 2 aromatic carbocycles. The molecule has 0 unspecified atom stereocenters. The summed E-state index contributed by atoms with van der Waals surface area (Å²) in [6.45, 7) is 8.58. The Morgan fingerprint density at radius 1 is 1.25 bits per heavy atom. The van der Waals surface area contributed by atoms with E-state index in [1.54, 1.807) is 6.08 Å². The molecule has 0 saturated carbocycles. The first kappa shape index (κ1) is 20.1. The van der Waals surface area contributed by atoms with Crippen molar-refractivity contribution in [2.24, 2.45) is 4.99 Å². The largest absolute Gasteiger partial charge is 0.490 e. The minimum absolute atomic E-state index is 0.243. The van der Waals surface area contributed by atoms with E-state index in [0.29, 0.717) is 30.6 Å². The molecule has 28 heavy (non-hydrogen) atoms. The molecular formula is C22H20INO4. The Bertz CT molecular complexity index is 964. The lowest BCUT2D eigenvalue weighted by Crippen LogP contribution is -2.05. The number of nitrogens with zero attached hydrogens (tertiary/aromatic N) is 1. The molecule has 1 heterocycles. The van der Waals surface area contributed by atoms with Crippen molar-refractivity contribution in [3.63, 3.8) is 0 Å². The number of esters is 1. The number of halogens is 1. The van der Waals surface area contributed by atoms with Crippen LogP contribution in [0, 0.1) is 3.57 Å². The van der Waals surface area contributed by atoms with Crippen molar-refractivity contribution in [2.75, 3.05) is 13.2 Å². The van der Waals surface area contributed by atoms with E-state index in [2.05, 4.69) is 34.2 Å². The predicted molar refractivity (Wildman–Crippen MR) is 118 cm³/mol. The zero-order chi connectivity index (χ0) is 20.1. The van der Waals surface area contributed by atoms with E-state index in [4.69, 9.17) is 14.2 Å². The van der Waals surface area contributed by atoms with Crippen LogP contribution in [0.2, 0.25) is 0 Å². The van der Waals surface area contributed by atoms with Crippen LogP contribution in [0.3, 0.4) is 0 Å². The Kier molecular flexibility index (Phi) is 6.51. The number of aliphatic imine (C=N–C) groups is 1. The maximum absolute atomic E-state index is 12.2. The van der Waals surface area contributed by atoms with Crippen LogP contribution in [0.1, 0.15) is 25.0 Å². The van der Waals surface area contributed by atoms with Gasteiger partial charge >= 0.3 is 5.97 Å². The second-order valence-corrected chi connectivity index (χ2v) is 7.37. The molecule has 0 atom stereocenters. The summed E-state index contributed by atoms with van der Waals surface area (Å²) in [5, 5.41) is 0. The van der Waals surface area contributed by atoms with Crippen molar-refractivity contribution in [2.45, 2.75) is 13.8 Å². The molecular weight excluding hydrogens is 469 g/mol. The lowest BCUT2D eigenvalue weighted by molar-refractivity contribution is -0.129. The quantitative estimate of drug-likeness (QED) is 0.238. The third kappa shape index (κ3) is 4.81. The molecule has 0 radical (unpaired) electrons. The summed E-state index contributed by atoms with van der Waals surface area (Å²) >= 11 is 2.19. The first-order valence-electron chi connectivity index (χ1n) is 8.79. The number of carbonyl (C=O) groups excluding carboxylic acids is 1. The van der Waals surface area contributed by atoms with Crippen molar-refractivity contribution >= 4 is 40.5 Å². The zero-order valence-corrected chi connectivity index (χ0v) is 17.9. The van der Waals surface area contributed by atoms with Gasteiger partial charge in [-0.2, -0.15) is 0 Å². The van der Waals surface area contributed by atoms with Gasteiger partial charge in [-0.15, -0.1) is 0 Å².